The largest absolute Gasteiger partial charge is 0.460 e. The molecule has 1 rings (SSSR count). The van der Waals surface area contributed by atoms with Gasteiger partial charge in [0.15, 0.2) is 8.32 Å². The number of carbonyl (C=O) groups is 1. The van der Waals surface area contributed by atoms with E-state index in [1.807, 2.05) is 0 Å². The predicted molar refractivity (Wildman–Crippen MR) is 62.3 cm³/mol. The molecule has 0 unspecified atom stereocenters. The van der Waals surface area contributed by atoms with E-state index >= 15 is 0 Å². The summed E-state index contributed by atoms with van der Waals surface area (Å²) in [6, 6.07) is 0. The molecule has 0 bridgehead atoms. The Morgan fingerprint density at radius 2 is 2.07 bits per heavy atom. The highest BCUT2D eigenvalue weighted by Gasteiger charge is 2.38. The van der Waals surface area contributed by atoms with Crippen molar-refractivity contribution in [3.05, 3.63) is 0 Å². The van der Waals surface area contributed by atoms with Crippen molar-refractivity contribution in [3.8, 4) is 0 Å². The van der Waals surface area contributed by atoms with Crippen LogP contribution in [-0.4, -0.2) is 27.0 Å². The predicted octanol–water partition coefficient (Wildman–Crippen LogP) is 2.71. The summed E-state index contributed by atoms with van der Waals surface area (Å²) >= 11 is 0. The molecule has 4 heteroatoms. The fourth-order valence-electron chi connectivity index (χ4n) is 1.22. The number of hydrogen-bond donors (Lipinski definition) is 0. The molecule has 0 amide bonds. The molecule has 0 spiro atoms. The summed E-state index contributed by atoms with van der Waals surface area (Å²) in [7, 11) is -1.69. The second-order valence-electron chi connectivity index (χ2n) is 5.72. The van der Waals surface area contributed by atoms with Crippen LogP contribution in [0.3, 0.4) is 0 Å². The van der Waals surface area contributed by atoms with Crippen LogP contribution in [0, 0.1) is 0 Å². The Labute approximate surface area is 93.3 Å². The van der Waals surface area contributed by atoms with Crippen molar-refractivity contribution in [1.29, 1.82) is 0 Å². The molecule has 0 aromatic heterocycles. The van der Waals surface area contributed by atoms with Gasteiger partial charge in [-0.15, -0.1) is 0 Å². The third-order valence-electron chi connectivity index (χ3n) is 3.40. The lowest BCUT2D eigenvalue weighted by Gasteiger charge is -2.36. The highest BCUT2D eigenvalue weighted by Crippen LogP contribution is 2.36. The van der Waals surface area contributed by atoms with Crippen LogP contribution in [0.1, 0.15) is 33.6 Å². The maximum absolute atomic E-state index is 10.9. The van der Waals surface area contributed by atoms with Gasteiger partial charge in [-0.25, -0.2) is 0 Å². The molecule has 0 radical (unpaired) electrons. The Hall–Kier alpha value is -0.353. The van der Waals surface area contributed by atoms with Gasteiger partial charge in [-0.05, 0) is 24.6 Å². The molecule has 88 valence electrons. The Bertz CT molecular complexity index is 243. The summed E-state index contributed by atoms with van der Waals surface area (Å²) in [4.78, 5) is 10.9. The normalized spacial score (nSPS) is 23.0. The maximum atomic E-state index is 10.9. The Kier molecular flexibility index (Phi) is 3.61. The first-order valence-corrected chi connectivity index (χ1v) is 8.47. The van der Waals surface area contributed by atoms with Crippen molar-refractivity contribution in [2.75, 3.05) is 6.61 Å². The van der Waals surface area contributed by atoms with E-state index in [9.17, 15) is 4.79 Å². The first-order valence-electron chi connectivity index (χ1n) is 5.56. The van der Waals surface area contributed by atoms with Crippen LogP contribution in [-0.2, 0) is 14.0 Å². The van der Waals surface area contributed by atoms with Crippen LogP contribution >= 0.6 is 0 Å². The molecular weight excluding hydrogens is 208 g/mol. The number of rotatable bonds is 3. The van der Waals surface area contributed by atoms with Crippen LogP contribution < -0.4 is 0 Å². The summed E-state index contributed by atoms with van der Waals surface area (Å²) in [5, 5.41) is 0.218. The van der Waals surface area contributed by atoms with Crippen molar-refractivity contribution in [3.63, 3.8) is 0 Å². The van der Waals surface area contributed by atoms with Gasteiger partial charge in [-0.1, -0.05) is 20.8 Å². The second kappa shape index (κ2) is 4.26. The molecule has 3 nitrogen and oxygen atoms in total. The topological polar surface area (TPSA) is 35.5 Å². The summed E-state index contributed by atoms with van der Waals surface area (Å²) < 4.78 is 11.1. The molecule has 1 saturated heterocycles. The van der Waals surface area contributed by atoms with E-state index in [1.165, 1.54) is 0 Å². The Morgan fingerprint density at radius 1 is 1.47 bits per heavy atom. The summed E-state index contributed by atoms with van der Waals surface area (Å²) in [6.45, 7) is 11.6. The summed E-state index contributed by atoms with van der Waals surface area (Å²) in [5.74, 6) is -0.0844. The lowest BCUT2D eigenvalue weighted by atomic mass is 10.2. The number of ether oxygens (including phenoxy) is 1. The SMILES string of the molecule is CC(C)(C)[Si](C)(C)OC[C@H]1CCC(=O)O1. The monoisotopic (exact) mass is 230 g/mol. The van der Waals surface area contributed by atoms with Gasteiger partial charge in [-0.2, -0.15) is 0 Å². The van der Waals surface area contributed by atoms with Crippen LogP contribution in [0.5, 0.6) is 0 Å². The smallest absolute Gasteiger partial charge is 0.306 e. The van der Waals surface area contributed by atoms with Gasteiger partial charge >= 0.3 is 5.97 Å². The number of esters is 1. The van der Waals surface area contributed by atoms with E-state index in [1.54, 1.807) is 0 Å². The van der Waals surface area contributed by atoms with Crippen molar-refractivity contribution in [1.82, 2.24) is 0 Å². The minimum absolute atomic E-state index is 0.00775. The van der Waals surface area contributed by atoms with Crippen molar-refractivity contribution in [2.45, 2.75) is 57.8 Å². The van der Waals surface area contributed by atoms with Gasteiger partial charge in [0.1, 0.15) is 6.10 Å². The summed E-state index contributed by atoms with van der Waals surface area (Å²) in [5.41, 5.74) is 0. The molecule has 0 saturated carbocycles. The average molecular weight is 230 g/mol. The van der Waals surface area contributed by atoms with Gasteiger partial charge in [-0.3, -0.25) is 4.79 Å². The van der Waals surface area contributed by atoms with E-state index < -0.39 is 8.32 Å². The zero-order valence-corrected chi connectivity index (χ0v) is 11.4. The van der Waals surface area contributed by atoms with E-state index in [-0.39, 0.29) is 17.1 Å². The zero-order chi connectivity index (χ0) is 11.7. The Morgan fingerprint density at radius 3 is 2.47 bits per heavy atom. The molecule has 1 aliphatic heterocycles. The number of cyclic esters (lactones) is 1. The highest BCUT2D eigenvalue weighted by atomic mass is 28.4. The van der Waals surface area contributed by atoms with Gasteiger partial charge in [0, 0.05) is 6.42 Å². The van der Waals surface area contributed by atoms with Gasteiger partial charge in [0.05, 0.1) is 6.61 Å². The number of hydrogen-bond acceptors (Lipinski definition) is 3. The van der Waals surface area contributed by atoms with Crippen LogP contribution in [0.2, 0.25) is 18.1 Å². The first-order chi connectivity index (χ1) is 6.72. The quantitative estimate of drug-likeness (QED) is 0.552. The van der Waals surface area contributed by atoms with Crippen molar-refractivity contribution in [2.24, 2.45) is 0 Å². The Balaban J connectivity index is 2.40. The fourth-order valence-corrected chi connectivity index (χ4v) is 2.25. The number of carbonyl (C=O) groups excluding carboxylic acids is 1. The molecule has 1 atom stereocenters. The van der Waals surface area contributed by atoms with Gasteiger partial charge in [0.2, 0.25) is 0 Å². The minimum Gasteiger partial charge on any atom is -0.460 e. The van der Waals surface area contributed by atoms with E-state index in [0.29, 0.717) is 13.0 Å². The third-order valence-corrected chi connectivity index (χ3v) is 7.91. The molecule has 0 aromatic carbocycles. The molecule has 0 N–H and O–H groups in total. The summed E-state index contributed by atoms with van der Waals surface area (Å²) in [6.07, 6.45) is 1.35. The molecule has 0 aromatic rings. The third kappa shape index (κ3) is 3.31. The van der Waals surface area contributed by atoms with Gasteiger partial charge in [0.25, 0.3) is 0 Å². The van der Waals surface area contributed by atoms with Gasteiger partial charge < -0.3 is 9.16 Å². The van der Waals surface area contributed by atoms with E-state index in [2.05, 4.69) is 33.9 Å². The second-order valence-corrected chi connectivity index (χ2v) is 10.5. The van der Waals surface area contributed by atoms with Crippen LogP contribution in [0.25, 0.3) is 0 Å². The maximum Gasteiger partial charge on any atom is 0.306 e. The molecule has 15 heavy (non-hydrogen) atoms. The lowest BCUT2D eigenvalue weighted by Crippen LogP contribution is -2.42. The minimum atomic E-state index is -1.69. The molecule has 0 aliphatic carbocycles. The van der Waals surface area contributed by atoms with Crippen LogP contribution in [0.15, 0.2) is 0 Å². The molecule has 1 fully saturated rings. The zero-order valence-electron chi connectivity index (χ0n) is 10.4. The standard InChI is InChI=1S/C11H22O3Si/c1-11(2,3)15(4,5)13-8-9-6-7-10(12)14-9/h9H,6-8H2,1-5H3/t9-/m1/s1. The highest BCUT2D eigenvalue weighted by molar-refractivity contribution is 6.74. The molecule has 1 aliphatic rings. The fraction of sp³-hybridized carbons (Fsp3) is 0.909. The average Bonchev–Trinajstić information content (AvgIpc) is 2.46. The molecule has 1 heterocycles. The lowest BCUT2D eigenvalue weighted by molar-refractivity contribution is -0.142. The first kappa shape index (κ1) is 12.7. The van der Waals surface area contributed by atoms with E-state index in [4.69, 9.17) is 9.16 Å². The van der Waals surface area contributed by atoms with Crippen molar-refractivity contribution >= 4 is 14.3 Å². The van der Waals surface area contributed by atoms with E-state index in [0.717, 1.165) is 6.42 Å². The van der Waals surface area contributed by atoms with Crippen LogP contribution in [0.4, 0.5) is 0 Å². The van der Waals surface area contributed by atoms with Crippen molar-refractivity contribution < 1.29 is 14.0 Å². The molecular formula is C11H22O3Si.